The summed E-state index contributed by atoms with van der Waals surface area (Å²) in [7, 11) is 0. The van der Waals surface area contributed by atoms with E-state index in [4.69, 9.17) is 4.74 Å². The van der Waals surface area contributed by atoms with Crippen molar-refractivity contribution in [3.8, 4) is 5.75 Å². The number of phenols is 1. The molecule has 0 saturated carbocycles. The van der Waals surface area contributed by atoms with Gasteiger partial charge in [-0.2, -0.15) is 0 Å². The van der Waals surface area contributed by atoms with Crippen LogP contribution in [-0.2, 0) is 4.74 Å². The third-order valence-corrected chi connectivity index (χ3v) is 5.15. The number of hydrogen-bond acceptors (Lipinski definition) is 4. The molecule has 0 amide bonds. The molecular formula is C22H30O4. The zero-order chi connectivity index (χ0) is 19.3. The molecule has 0 aliphatic heterocycles. The number of allylic oxidation sites excluding steroid dienone is 1. The van der Waals surface area contributed by atoms with E-state index in [0.717, 1.165) is 24.8 Å². The maximum atomic E-state index is 12.5. The molecule has 0 fully saturated rings. The summed E-state index contributed by atoms with van der Waals surface area (Å²) in [4.78, 5) is 12.5. The Hall–Kier alpha value is -2.07. The van der Waals surface area contributed by atoms with Crippen LogP contribution in [0.25, 0.3) is 0 Å². The minimum Gasteiger partial charge on any atom is -0.508 e. The lowest BCUT2D eigenvalue weighted by Gasteiger charge is -2.29. The highest BCUT2D eigenvalue weighted by molar-refractivity contribution is 5.89. The van der Waals surface area contributed by atoms with Crippen LogP contribution < -0.4 is 0 Å². The van der Waals surface area contributed by atoms with E-state index in [1.165, 1.54) is 17.7 Å². The Kier molecular flexibility index (Phi) is 6.65. The van der Waals surface area contributed by atoms with Crippen molar-refractivity contribution in [2.24, 2.45) is 5.41 Å². The van der Waals surface area contributed by atoms with Crippen LogP contribution in [-0.4, -0.2) is 28.4 Å². The summed E-state index contributed by atoms with van der Waals surface area (Å²) >= 11 is 0. The minimum atomic E-state index is -0.587. The summed E-state index contributed by atoms with van der Waals surface area (Å²) in [5.74, 6) is -0.325. The van der Waals surface area contributed by atoms with Crippen LogP contribution in [0.5, 0.6) is 5.75 Å². The first kappa shape index (κ1) is 20.2. The lowest BCUT2D eigenvalue weighted by atomic mass is 9.80. The zero-order valence-electron chi connectivity index (χ0n) is 16.2. The number of ether oxygens (including phenoxy) is 1. The van der Waals surface area contributed by atoms with Crippen molar-refractivity contribution in [3.05, 3.63) is 53.1 Å². The first-order valence-electron chi connectivity index (χ1n) is 9.21. The molecule has 0 aromatic heterocycles. The zero-order valence-corrected chi connectivity index (χ0v) is 16.2. The van der Waals surface area contributed by atoms with Gasteiger partial charge >= 0.3 is 5.97 Å². The molecule has 4 heteroatoms. The smallest absolute Gasteiger partial charge is 0.338 e. The Balaban J connectivity index is 2.25. The van der Waals surface area contributed by atoms with Crippen molar-refractivity contribution in [1.29, 1.82) is 0 Å². The Labute approximate surface area is 156 Å². The molecule has 26 heavy (non-hydrogen) atoms. The fourth-order valence-corrected chi connectivity index (χ4v) is 3.08. The largest absolute Gasteiger partial charge is 0.508 e. The van der Waals surface area contributed by atoms with Gasteiger partial charge in [-0.05, 0) is 68.4 Å². The number of rotatable bonds is 2. The van der Waals surface area contributed by atoms with Gasteiger partial charge in [0.05, 0.1) is 11.7 Å². The predicted molar refractivity (Wildman–Crippen MR) is 103 cm³/mol. The Morgan fingerprint density at radius 3 is 2.50 bits per heavy atom. The van der Waals surface area contributed by atoms with Gasteiger partial charge < -0.3 is 14.9 Å². The topological polar surface area (TPSA) is 66.8 Å². The van der Waals surface area contributed by atoms with Gasteiger partial charge in [0.15, 0.2) is 0 Å². The van der Waals surface area contributed by atoms with E-state index in [2.05, 4.69) is 26.8 Å². The molecular weight excluding hydrogens is 328 g/mol. The number of benzene rings is 1. The van der Waals surface area contributed by atoms with Crippen LogP contribution in [0.15, 0.2) is 47.6 Å². The molecule has 142 valence electrons. The molecule has 0 spiro atoms. The number of hydrogen-bond donors (Lipinski definition) is 2. The van der Waals surface area contributed by atoms with Gasteiger partial charge in [0, 0.05) is 6.42 Å². The van der Waals surface area contributed by atoms with E-state index < -0.39 is 18.2 Å². The molecule has 1 aromatic rings. The molecule has 0 bridgehead atoms. The number of carbonyl (C=O) groups is 1. The second-order valence-electron chi connectivity index (χ2n) is 7.92. The summed E-state index contributed by atoms with van der Waals surface area (Å²) < 4.78 is 5.72. The van der Waals surface area contributed by atoms with E-state index >= 15 is 0 Å². The number of phenolic OH excluding ortho intramolecular Hbond substituents is 1. The minimum absolute atomic E-state index is 0.108. The molecule has 0 unspecified atom stereocenters. The molecule has 0 radical (unpaired) electrons. The number of esters is 1. The SMILES string of the molecule is CC1=CC[C@@H](OC(=O)c2ccc(O)cc2)C(C)=C[C@@H](O)C(C)(C)CCC1. The normalized spacial score (nSPS) is 24.0. The van der Waals surface area contributed by atoms with Crippen LogP contribution >= 0.6 is 0 Å². The lowest BCUT2D eigenvalue weighted by molar-refractivity contribution is 0.0368. The number of carbonyl (C=O) groups excluding carboxylic acids is 1. The summed E-state index contributed by atoms with van der Waals surface area (Å²) in [6.07, 6.45) is 6.46. The maximum absolute atomic E-state index is 12.5. The van der Waals surface area contributed by atoms with Crippen LogP contribution in [0, 0.1) is 5.41 Å². The van der Waals surface area contributed by atoms with E-state index in [9.17, 15) is 15.0 Å². The van der Waals surface area contributed by atoms with Crippen molar-refractivity contribution in [3.63, 3.8) is 0 Å². The van der Waals surface area contributed by atoms with Gasteiger partial charge in [-0.1, -0.05) is 31.6 Å². The van der Waals surface area contributed by atoms with Gasteiger partial charge in [-0.15, -0.1) is 0 Å². The van der Waals surface area contributed by atoms with Crippen molar-refractivity contribution in [1.82, 2.24) is 0 Å². The van der Waals surface area contributed by atoms with Crippen LogP contribution in [0.2, 0.25) is 0 Å². The van der Waals surface area contributed by atoms with Crippen molar-refractivity contribution >= 4 is 5.97 Å². The first-order chi connectivity index (χ1) is 12.2. The van der Waals surface area contributed by atoms with E-state index in [0.29, 0.717) is 12.0 Å². The maximum Gasteiger partial charge on any atom is 0.338 e. The predicted octanol–water partition coefficient (Wildman–Crippen LogP) is 4.77. The summed E-state index contributed by atoms with van der Waals surface area (Å²) in [5.41, 5.74) is 2.29. The van der Waals surface area contributed by atoms with Gasteiger partial charge in [0.2, 0.25) is 0 Å². The lowest BCUT2D eigenvalue weighted by Crippen LogP contribution is -2.29. The van der Waals surface area contributed by atoms with Crippen LogP contribution in [0.3, 0.4) is 0 Å². The van der Waals surface area contributed by atoms with Gasteiger partial charge in [0.1, 0.15) is 11.9 Å². The highest BCUT2D eigenvalue weighted by atomic mass is 16.5. The quantitative estimate of drug-likeness (QED) is 0.590. The third-order valence-electron chi connectivity index (χ3n) is 5.15. The van der Waals surface area contributed by atoms with Crippen molar-refractivity contribution in [2.75, 3.05) is 0 Å². The van der Waals surface area contributed by atoms with Gasteiger partial charge in [-0.3, -0.25) is 0 Å². The van der Waals surface area contributed by atoms with E-state index in [1.54, 1.807) is 12.1 Å². The molecule has 2 rings (SSSR count). The second kappa shape index (κ2) is 8.54. The monoisotopic (exact) mass is 358 g/mol. The Morgan fingerprint density at radius 2 is 1.85 bits per heavy atom. The van der Waals surface area contributed by atoms with Gasteiger partial charge in [0.25, 0.3) is 0 Å². The standard InChI is InChI=1S/C22H30O4/c1-15-6-5-13-22(3,4)20(24)14-16(2)19(12-7-15)26-21(25)17-8-10-18(23)11-9-17/h7-11,14,19-20,23-24H,5-6,12-13H2,1-4H3/t19-,20-/m1/s1. The number of aliphatic hydroxyl groups excluding tert-OH is 1. The highest BCUT2D eigenvalue weighted by Crippen LogP contribution is 2.31. The summed E-state index contributed by atoms with van der Waals surface area (Å²) in [6.45, 7) is 8.13. The molecule has 1 aliphatic carbocycles. The Morgan fingerprint density at radius 1 is 1.19 bits per heavy atom. The first-order valence-corrected chi connectivity index (χ1v) is 9.21. The van der Waals surface area contributed by atoms with Crippen LogP contribution in [0.4, 0.5) is 0 Å². The molecule has 0 heterocycles. The molecule has 1 aliphatic rings. The molecule has 0 saturated heterocycles. The molecule has 2 N–H and O–H groups in total. The number of aromatic hydroxyl groups is 1. The van der Waals surface area contributed by atoms with Crippen molar-refractivity contribution < 1.29 is 19.7 Å². The second-order valence-corrected chi connectivity index (χ2v) is 7.92. The summed E-state index contributed by atoms with van der Waals surface area (Å²) in [5, 5.41) is 20.0. The van der Waals surface area contributed by atoms with Crippen molar-refractivity contribution in [2.45, 2.75) is 65.6 Å². The average Bonchev–Trinajstić information content (AvgIpc) is 2.59. The third kappa shape index (κ3) is 5.46. The fourth-order valence-electron chi connectivity index (χ4n) is 3.08. The van der Waals surface area contributed by atoms with E-state index in [-0.39, 0.29) is 11.2 Å². The molecule has 4 nitrogen and oxygen atoms in total. The number of aliphatic hydroxyl groups is 1. The van der Waals surface area contributed by atoms with Crippen LogP contribution in [0.1, 0.15) is 63.7 Å². The highest BCUT2D eigenvalue weighted by Gasteiger charge is 2.28. The fraction of sp³-hybridized carbons (Fsp3) is 0.500. The van der Waals surface area contributed by atoms with Gasteiger partial charge in [-0.25, -0.2) is 4.79 Å². The summed E-state index contributed by atoms with van der Waals surface area (Å²) in [6, 6.07) is 6.02. The average molecular weight is 358 g/mol. The molecule has 1 aromatic carbocycles. The van der Waals surface area contributed by atoms with E-state index in [1.807, 2.05) is 13.0 Å². The molecule has 2 atom stereocenters. The Bertz CT molecular complexity index is 683.